The van der Waals surface area contributed by atoms with Crippen LogP contribution in [0.25, 0.3) is 0 Å². The number of carbonyl (C=O) groups excluding carboxylic acids is 1. The van der Waals surface area contributed by atoms with Crippen molar-refractivity contribution in [2.24, 2.45) is 0 Å². The van der Waals surface area contributed by atoms with Crippen molar-refractivity contribution in [1.82, 2.24) is 9.78 Å². The number of hydrogen-bond donors (Lipinski definition) is 0. The molecular weight excluding hydrogens is 258 g/mol. The standard InChI is InChI=1S/C12H16F2N2O3/c1-2-18-12(17)8-7-16(15-10(8)11(13)14)9-5-3-4-6-19-9/h7,9,11H,2-6H2,1H3. The van der Waals surface area contributed by atoms with Crippen LogP contribution in [0.2, 0.25) is 0 Å². The third kappa shape index (κ3) is 3.09. The normalized spacial score (nSPS) is 19.7. The molecule has 7 heteroatoms. The molecule has 0 saturated carbocycles. The zero-order chi connectivity index (χ0) is 13.8. The highest BCUT2D eigenvalue weighted by atomic mass is 19.3. The van der Waals surface area contributed by atoms with Gasteiger partial charge in [-0.15, -0.1) is 0 Å². The molecule has 1 unspecified atom stereocenters. The van der Waals surface area contributed by atoms with Crippen molar-refractivity contribution in [2.45, 2.75) is 38.8 Å². The Bertz CT molecular complexity index is 442. The Hall–Kier alpha value is -1.50. The van der Waals surface area contributed by atoms with E-state index in [9.17, 15) is 13.6 Å². The molecule has 0 radical (unpaired) electrons. The van der Waals surface area contributed by atoms with Crippen LogP contribution in [0, 0.1) is 0 Å². The van der Waals surface area contributed by atoms with Gasteiger partial charge in [-0.3, -0.25) is 0 Å². The van der Waals surface area contributed by atoms with Gasteiger partial charge < -0.3 is 9.47 Å². The minimum absolute atomic E-state index is 0.132. The number of halogens is 2. The third-order valence-corrected chi connectivity index (χ3v) is 2.91. The van der Waals surface area contributed by atoms with E-state index < -0.39 is 18.1 Å². The summed E-state index contributed by atoms with van der Waals surface area (Å²) in [5.74, 6) is -0.778. The molecule has 1 atom stereocenters. The number of carbonyl (C=O) groups is 1. The van der Waals surface area contributed by atoms with Gasteiger partial charge in [0.2, 0.25) is 0 Å². The first-order valence-electron chi connectivity index (χ1n) is 6.29. The van der Waals surface area contributed by atoms with E-state index in [-0.39, 0.29) is 18.4 Å². The van der Waals surface area contributed by atoms with Crippen LogP contribution in [0.15, 0.2) is 6.20 Å². The van der Waals surface area contributed by atoms with Crippen molar-refractivity contribution >= 4 is 5.97 Å². The number of esters is 1. The van der Waals surface area contributed by atoms with Crippen LogP contribution < -0.4 is 0 Å². The lowest BCUT2D eigenvalue weighted by molar-refractivity contribution is -0.0402. The first-order chi connectivity index (χ1) is 9.13. The van der Waals surface area contributed by atoms with Crippen molar-refractivity contribution in [3.8, 4) is 0 Å². The van der Waals surface area contributed by atoms with Gasteiger partial charge in [0.15, 0.2) is 0 Å². The number of rotatable bonds is 4. The molecule has 1 aliphatic heterocycles. The number of hydrogen-bond acceptors (Lipinski definition) is 4. The molecule has 1 saturated heterocycles. The Morgan fingerprint density at radius 3 is 3.00 bits per heavy atom. The molecule has 1 aliphatic rings. The van der Waals surface area contributed by atoms with E-state index in [0.717, 1.165) is 12.8 Å². The summed E-state index contributed by atoms with van der Waals surface area (Å²) in [5.41, 5.74) is -0.737. The highest BCUT2D eigenvalue weighted by Crippen LogP contribution is 2.27. The molecule has 0 N–H and O–H groups in total. The van der Waals surface area contributed by atoms with E-state index in [0.29, 0.717) is 13.0 Å². The van der Waals surface area contributed by atoms with E-state index in [4.69, 9.17) is 9.47 Å². The van der Waals surface area contributed by atoms with E-state index in [1.165, 1.54) is 10.9 Å². The van der Waals surface area contributed by atoms with Crippen LogP contribution in [-0.2, 0) is 9.47 Å². The van der Waals surface area contributed by atoms with Crippen molar-refractivity contribution in [3.05, 3.63) is 17.5 Å². The Labute approximate surface area is 109 Å². The maximum Gasteiger partial charge on any atom is 0.341 e. The Balaban J connectivity index is 2.26. The van der Waals surface area contributed by atoms with Gasteiger partial charge in [-0.1, -0.05) is 0 Å². The number of aromatic nitrogens is 2. The third-order valence-electron chi connectivity index (χ3n) is 2.91. The van der Waals surface area contributed by atoms with Gasteiger partial charge in [-0.25, -0.2) is 18.3 Å². The minimum Gasteiger partial charge on any atom is -0.462 e. The SMILES string of the molecule is CCOC(=O)c1cn(C2CCCCO2)nc1C(F)F. The molecule has 0 spiro atoms. The summed E-state index contributed by atoms with van der Waals surface area (Å²) in [4.78, 5) is 11.6. The molecule has 0 aliphatic carbocycles. The Morgan fingerprint density at radius 1 is 1.63 bits per heavy atom. The highest BCUT2D eigenvalue weighted by Gasteiger charge is 2.27. The molecule has 0 bridgehead atoms. The minimum atomic E-state index is -2.82. The first kappa shape index (κ1) is 13.9. The van der Waals surface area contributed by atoms with Gasteiger partial charge >= 0.3 is 5.97 Å². The number of ether oxygens (including phenoxy) is 2. The molecule has 0 amide bonds. The van der Waals surface area contributed by atoms with Gasteiger partial charge in [-0.2, -0.15) is 5.10 Å². The fourth-order valence-electron chi connectivity index (χ4n) is 2.01. The van der Waals surface area contributed by atoms with Gasteiger partial charge in [-0.05, 0) is 26.2 Å². The van der Waals surface area contributed by atoms with Gasteiger partial charge in [0.05, 0.1) is 6.61 Å². The zero-order valence-corrected chi connectivity index (χ0v) is 10.6. The summed E-state index contributed by atoms with van der Waals surface area (Å²) >= 11 is 0. The molecule has 2 rings (SSSR count). The average molecular weight is 274 g/mol. The molecule has 19 heavy (non-hydrogen) atoms. The monoisotopic (exact) mass is 274 g/mol. The number of nitrogens with zero attached hydrogens (tertiary/aromatic N) is 2. The second kappa shape index (κ2) is 6.10. The largest absolute Gasteiger partial charge is 0.462 e. The van der Waals surface area contributed by atoms with Crippen LogP contribution in [-0.4, -0.2) is 29.0 Å². The van der Waals surface area contributed by atoms with Crippen molar-refractivity contribution in [3.63, 3.8) is 0 Å². The predicted octanol–water partition coefficient (Wildman–Crippen LogP) is 2.70. The predicted molar refractivity (Wildman–Crippen MR) is 62.0 cm³/mol. The van der Waals surface area contributed by atoms with Crippen LogP contribution in [0.1, 0.15) is 54.9 Å². The highest BCUT2D eigenvalue weighted by molar-refractivity contribution is 5.90. The van der Waals surface area contributed by atoms with Crippen molar-refractivity contribution in [1.29, 1.82) is 0 Å². The Morgan fingerprint density at radius 2 is 2.42 bits per heavy atom. The molecule has 1 fully saturated rings. The lowest BCUT2D eigenvalue weighted by Crippen LogP contribution is -2.18. The fourth-order valence-corrected chi connectivity index (χ4v) is 2.01. The molecular formula is C12H16F2N2O3. The smallest absolute Gasteiger partial charge is 0.341 e. The second-order valence-corrected chi connectivity index (χ2v) is 4.25. The van der Waals surface area contributed by atoms with Crippen LogP contribution in [0.4, 0.5) is 8.78 Å². The van der Waals surface area contributed by atoms with Gasteiger partial charge in [0, 0.05) is 12.8 Å². The summed E-state index contributed by atoms with van der Waals surface area (Å²) in [7, 11) is 0. The van der Waals surface area contributed by atoms with Crippen LogP contribution in [0.3, 0.4) is 0 Å². The molecule has 106 valence electrons. The van der Waals surface area contributed by atoms with Crippen molar-refractivity contribution in [2.75, 3.05) is 13.2 Å². The Kier molecular flexibility index (Phi) is 4.47. The van der Waals surface area contributed by atoms with E-state index >= 15 is 0 Å². The lowest BCUT2D eigenvalue weighted by Gasteiger charge is -2.22. The molecule has 2 heterocycles. The van der Waals surface area contributed by atoms with Gasteiger partial charge in [0.1, 0.15) is 17.5 Å². The summed E-state index contributed by atoms with van der Waals surface area (Å²) in [6, 6.07) is 0. The fraction of sp³-hybridized carbons (Fsp3) is 0.667. The van der Waals surface area contributed by atoms with Crippen LogP contribution in [0.5, 0.6) is 0 Å². The topological polar surface area (TPSA) is 53.4 Å². The summed E-state index contributed by atoms with van der Waals surface area (Å²) < 4.78 is 37.3. The molecule has 5 nitrogen and oxygen atoms in total. The maximum absolute atomic E-state index is 12.9. The van der Waals surface area contributed by atoms with E-state index in [1.54, 1.807) is 6.92 Å². The summed E-state index contributed by atoms with van der Waals surface area (Å²) in [6.07, 6.45) is 0.689. The van der Waals surface area contributed by atoms with E-state index in [2.05, 4.69) is 5.10 Å². The molecule has 1 aromatic heterocycles. The van der Waals surface area contributed by atoms with Gasteiger partial charge in [0.25, 0.3) is 6.43 Å². The average Bonchev–Trinajstić information content (AvgIpc) is 2.85. The second-order valence-electron chi connectivity index (χ2n) is 4.25. The molecule has 1 aromatic rings. The summed E-state index contributed by atoms with van der Waals surface area (Å²) in [5, 5.41) is 3.78. The summed E-state index contributed by atoms with van der Waals surface area (Å²) in [6.45, 7) is 2.32. The van der Waals surface area contributed by atoms with Crippen LogP contribution >= 0.6 is 0 Å². The molecule has 0 aromatic carbocycles. The number of alkyl halides is 2. The maximum atomic E-state index is 12.9. The lowest BCUT2D eigenvalue weighted by atomic mass is 10.2. The first-order valence-corrected chi connectivity index (χ1v) is 6.29. The van der Waals surface area contributed by atoms with E-state index in [1.807, 2.05) is 0 Å². The van der Waals surface area contributed by atoms with Crippen molar-refractivity contribution < 1.29 is 23.0 Å². The quantitative estimate of drug-likeness (QED) is 0.792. The zero-order valence-electron chi connectivity index (χ0n) is 10.6.